The Morgan fingerprint density at radius 3 is 2.00 bits per heavy atom. The van der Waals surface area contributed by atoms with Crippen molar-refractivity contribution in [2.75, 3.05) is 10.6 Å². The van der Waals surface area contributed by atoms with E-state index in [9.17, 15) is 35.9 Å². The summed E-state index contributed by atoms with van der Waals surface area (Å²) in [5.41, 5.74) is -1.89. The molecule has 2 aromatic rings. The van der Waals surface area contributed by atoms with Crippen molar-refractivity contribution in [2.24, 2.45) is 0 Å². The zero-order valence-electron chi connectivity index (χ0n) is 12.0. The van der Waals surface area contributed by atoms with E-state index >= 15 is 0 Å². The molecule has 10 heteroatoms. The van der Waals surface area contributed by atoms with E-state index in [0.717, 1.165) is 12.1 Å². The van der Waals surface area contributed by atoms with Gasteiger partial charge in [-0.25, -0.2) is 13.2 Å². The van der Waals surface area contributed by atoms with E-state index in [0.29, 0.717) is 6.07 Å². The summed E-state index contributed by atoms with van der Waals surface area (Å²) in [5.74, 6) is -6.98. The fraction of sp³-hybridized carbons (Fsp3) is 0.0667. The van der Waals surface area contributed by atoms with Crippen molar-refractivity contribution in [1.82, 2.24) is 0 Å². The minimum atomic E-state index is -5.29. The van der Waals surface area contributed by atoms with E-state index < -0.39 is 46.8 Å². The van der Waals surface area contributed by atoms with Crippen molar-refractivity contribution in [1.29, 1.82) is 0 Å². The number of rotatable bonds is 3. The maximum Gasteiger partial charge on any atom is 0.471 e. The average molecular weight is 362 g/mol. The van der Waals surface area contributed by atoms with Crippen LogP contribution in [0.3, 0.4) is 0 Å². The lowest BCUT2D eigenvalue weighted by molar-refractivity contribution is -0.167. The Balaban J connectivity index is 2.28. The van der Waals surface area contributed by atoms with Gasteiger partial charge in [0.2, 0.25) is 0 Å². The summed E-state index contributed by atoms with van der Waals surface area (Å²) in [6, 6.07) is 4.97. The number of nitrogens with one attached hydrogen (secondary N) is 2. The van der Waals surface area contributed by atoms with Gasteiger partial charge in [0.15, 0.2) is 0 Å². The van der Waals surface area contributed by atoms with Crippen molar-refractivity contribution in [3.05, 3.63) is 59.4 Å². The highest BCUT2D eigenvalue weighted by Crippen LogP contribution is 2.26. The monoisotopic (exact) mass is 362 g/mol. The van der Waals surface area contributed by atoms with E-state index in [2.05, 4.69) is 0 Å². The Bertz CT molecular complexity index is 835. The molecule has 0 radical (unpaired) electrons. The molecule has 0 heterocycles. The van der Waals surface area contributed by atoms with Crippen LogP contribution in [-0.4, -0.2) is 18.0 Å². The molecular weight excluding hydrogens is 354 g/mol. The molecule has 0 aliphatic heterocycles. The summed E-state index contributed by atoms with van der Waals surface area (Å²) in [6.07, 6.45) is -5.29. The topological polar surface area (TPSA) is 58.2 Å². The summed E-state index contributed by atoms with van der Waals surface area (Å²) in [7, 11) is 0. The van der Waals surface area contributed by atoms with Gasteiger partial charge in [0, 0.05) is 11.6 Å². The summed E-state index contributed by atoms with van der Waals surface area (Å²) in [6.45, 7) is 0. The molecule has 2 rings (SSSR count). The molecule has 0 aliphatic rings. The highest BCUT2D eigenvalue weighted by molar-refractivity contribution is 6.05. The van der Waals surface area contributed by atoms with E-state index in [1.54, 1.807) is 0 Å². The largest absolute Gasteiger partial charge is 0.471 e. The fourth-order valence-corrected chi connectivity index (χ4v) is 1.76. The molecule has 2 amide bonds. The third-order valence-corrected chi connectivity index (χ3v) is 2.90. The molecule has 0 atom stereocenters. The average Bonchev–Trinajstić information content (AvgIpc) is 2.50. The van der Waals surface area contributed by atoms with Crippen molar-refractivity contribution in [2.45, 2.75) is 6.18 Å². The first kappa shape index (κ1) is 18.3. The number of hydrogen-bond acceptors (Lipinski definition) is 2. The number of hydrogen-bond donors (Lipinski definition) is 2. The number of halogens is 6. The van der Waals surface area contributed by atoms with E-state index in [1.807, 2.05) is 5.32 Å². The Labute approximate surface area is 136 Å². The molecule has 0 fully saturated rings. The predicted molar refractivity (Wildman–Crippen MR) is 75.4 cm³/mol. The number of carbonyl (C=O) groups excluding carboxylic acids is 2. The standard InChI is InChI=1S/C15H8F6N2O2/c16-8-3-1-2-7(4-8)13(24)22-11-6-12(10(18)5-9(11)17)23-14(25)15(19,20)21/h1-6H,(H,22,24)(H,23,25). The zero-order valence-corrected chi connectivity index (χ0v) is 12.0. The van der Waals surface area contributed by atoms with Gasteiger partial charge >= 0.3 is 12.1 Å². The lowest BCUT2D eigenvalue weighted by atomic mass is 10.2. The first-order valence-electron chi connectivity index (χ1n) is 6.52. The van der Waals surface area contributed by atoms with Crippen molar-refractivity contribution < 1.29 is 35.9 Å². The number of anilines is 2. The van der Waals surface area contributed by atoms with Crippen LogP contribution in [0.2, 0.25) is 0 Å². The van der Waals surface area contributed by atoms with E-state index in [-0.39, 0.29) is 11.6 Å². The predicted octanol–water partition coefficient (Wildman–Crippen LogP) is 3.86. The van der Waals surface area contributed by atoms with Crippen molar-refractivity contribution >= 4 is 23.2 Å². The number of benzene rings is 2. The van der Waals surface area contributed by atoms with Crippen molar-refractivity contribution in [3.63, 3.8) is 0 Å². The molecule has 0 aliphatic carbocycles. The molecule has 0 unspecified atom stereocenters. The van der Waals surface area contributed by atoms with E-state index in [1.165, 1.54) is 17.4 Å². The van der Waals surface area contributed by atoms with Gasteiger partial charge in [0.25, 0.3) is 5.91 Å². The highest BCUT2D eigenvalue weighted by atomic mass is 19.4. The van der Waals surface area contributed by atoms with Crippen LogP contribution < -0.4 is 10.6 Å². The molecule has 2 N–H and O–H groups in total. The Morgan fingerprint density at radius 2 is 1.44 bits per heavy atom. The molecule has 0 bridgehead atoms. The maximum absolute atomic E-state index is 13.7. The number of amides is 2. The lowest BCUT2D eigenvalue weighted by Gasteiger charge is -2.12. The summed E-state index contributed by atoms with van der Waals surface area (Å²) < 4.78 is 76.9. The van der Waals surface area contributed by atoms with E-state index in [4.69, 9.17) is 0 Å². The fourth-order valence-electron chi connectivity index (χ4n) is 1.76. The van der Waals surface area contributed by atoms with Gasteiger partial charge in [-0.05, 0) is 24.3 Å². The Kier molecular flexibility index (Phi) is 5.00. The molecule has 0 aromatic heterocycles. The molecule has 4 nitrogen and oxygen atoms in total. The smallest absolute Gasteiger partial charge is 0.319 e. The van der Waals surface area contributed by atoms with Crippen molar-refractivity contribution in [3.8, 4) is 0 Å². The van der Waals surface area contributed by atoms with Gasteiger partial charge in [-0.1, -0.05) is 6.07 Å². The van der Waals surface area contributed by atoms with Gasteiger partial charge < -0.3 is 10.6 Å². The third-order valence-electron chi connectivity index (χ3n) is 2.90. The maximum atomic E-state index is 13.7. The minimum absolute atomic E-state index is 0.188. The molecule has 25 heavy (non-hydrogen) atoms. The van der Waals surface area contributed by atoms with Gasteiger partial charge in [-0.3, -0.25) is 9.59 Å². The quantitative estimate of drug-likeness (QED) is 0.815. The van der Waals surface area contributed by atoms with Crippen LogP contribution in [0.15, 0.2) is 36.4 Å². The second kappa shape index (κ2) is 6.83. The molecule has 2 aromatic carbocycles. The van der Waals surface area contributed by atoms with Crippen LogP contribution >= 0.6 is 0 Å². The summed E-state index contributed by atoms with van der Waals surface area (Å²) in [5, 5.41) is 3.18. The lowest BCUT2D eigenvalue weighted by Crippen LogP contribution is -2.30. The zero-order chi connectivity index (χ0) is 18.8. The van der Waals surface area contributed by atoms with Crippen LogP contribution in [0.4, 0.5) is 37.7 Å². The third kappa shape index (κ3) is 4.49. The normalized spacial score (nSPS) is 11.1. The molecule has 0 saturated heterocycles. The highest BCUT2D eigenvalue weighted by Gasteiger charge is 2.39. The SMILES string of the molecule is O=C(Nc1cc(NC(=O)C(F)(F)F)c(F)cc1F)c1cccc(F)c1. The molecule has 132 valence electrons. The second-order valence-corrected chi connectivity index (χ2v) is 4.73. The second-order valence-electron chi connectivity index (χ2n) is 4.73. The van der Waals surface area contributed by atoms with Gasteiger partial charge in [0.05, 0.1) is 11.4 Å². The number of carbonyl (C=O) groups is 2. The van der Waals surface area contributed by atoms with Gasteiger partial charge in [-0.2, -0.15) is 13.2 Å². The van der Waals surface area contributed by atoms with Crippen LogP contribution in [-0.2, 0) is 4.79 Å². The molecular formula is C15H8F6N2O2. The Hall–Kier alpha value is -3.04. The minimum Gasteiger partial charge on any atom is -0.319 e. The first-order chi connectivity index (χ1) is 11.6. The molecule has 0 saturated carbocycles. The van der Waals surface area contributed by atoms with Crippen LogP contribution in [0, 0.1) is 17.5 Å². The van der Waals surface area contributed by atoms with Gasteiger partial charge in [-0.15, -0.1) is 0 Å². The summed E-state index contributed by atoms with van der Waals surface area (Å²) in [4.78, 5) is 22.7. The van der Waals surface area contributed by atoms with Gasteiger partial charge in [0.1, 0.15) is 17.5 Å². The first-order valence-corrected chi connectivity index (χ1v) is 6.52. The molecule has 0 spiro atoms. The van der Waals surface area contributed by atoms with Crippen LogP contribution in [0.5, 0.6) is 0 Å². The number of alkyl halides is 3. The Morgan fingerprint density at radius 1 is 0.840 bits per heavy atom. The van der Waals surface area contributed by atoms with Crippen LogP contribution in [0.1, 0.15) is 10.4 Å². The van der Waals surface area contributed by atoms with Crippen LogP contribution in [0.25, 0.3) is 0 Å². The summed E-state index contributed by atoms with van der Waals surface area (Å²) >= 11 is 0.